The monoisotopic (exact) mass is 554 g/mol. The van der Waals surface area contributed by atoms with Crippen LogP contribution in [0, 0.1) is 5.41 Å². The summed E-state index contributed by atoms with van der Waals surface area (Å²) in [4.78, 5) is 37.6. The third-order valence-electron chi connectivity index (χ3n) is 6.44. The first-order valence-electron chi connectivity index (χ1n) is 11.5. The van der Waals surface area contributed by atoms with E-state index in [0.29, 0.717) is 24.1 Å². The number of anilines is 1. The Morgan fingerprint density at radius 2 is 1.61 bits per heavy atom. The largest absolute Gasteiger partial charge is 0.480 e. The van der Waals surface area contributed by atoms with Crippen LogP contribution in [-0.4, -0.2) is 49.4 Å². The molecule has 2 aromatic carbocycles. The van der Waals surface area contributed by atoms with Crippen molar-refractivity contribution < 1.29 is 27.9 Å². The number of halogens is 2. The molecule has 3 N–H and O–H groups in total. The van der Waals surface area contributed by atoms with E-state index in [4.69, 9.17) is 23.2 Å². The third-order valence-corrected chi connectivity index (χ3v) is 8.01. The lowest BCUT2D eigenvalue weighted by Crippen LogP contribution is -2.49. The lowest BCUT2D eigenvalue weighted by atomic mass is 9.82. The summed E-state index contributed by atoms with van der Waals surface area (Å²) in [6.45, 7) is 0. The SMILES string of the molecule is CS(=O)(=O)CCC1(C(=O)N[C@@H](Cc2ccc(NC(=O)c3c(Cl)cccc3Cl)cc2)C(=O)O)CCCC1. The van der Waals surface area contributed by atoms with Gasteiger partial charge in [-0.1, -0.05) is 54.2 Å². The summed E-state index contributed by atoms with van der Waals surface area (Å²) < 4.78 is 23.3. The highest BCUT2D eigenvalue weighted by Gasteiger charge is 2.42. The molecular weight excluding hydrogens is 527 g/mol. The topological polar surface area (TPSA) is 130 Å². The van der Waals surface area contributed by atoms with Crippen molar-refractivity contribution in [3.63, 3.8) is 0 Å². The summed E-state index contributed by atoms with van der Waals surface area (Å²) in [5, 5.41) is 15.5. The van der Waals surface area contributed by atoms with Crippen molar-refractivity contribution in [3.8, 4) is 0 Å². The van der Waals surface area contributed by atoms with Crippen molar-refractivity contribution in [1.82, 2.24) is 5.32 Å². The van der Waals surface area contributed by atoms with E-state index in [1.54, 1.807) is 42.5 Å². The Balaban J connectivity index is 1.67. The highest BCUT2D eigenvalue weighted by atomic mass is 35.5. The van der Waals surface area contributed by atoms with Gasteiger partial charge in [0, 0.05) is 18.4 Å². The molecule has 11 heteroatoms. The average molecular weight is 555 g/mol. The lowest BCUT2D eigenvalue weighted by Gasteiger charge is -2.29. The molecule has 8 nitrogen and oxygen atoms in total. The molecule has 0 bridgehead atoms. The van der Waals surface area contributed by atoms with E-state index >= 15 is 0 Å². The summed E-state index contributed by atoms with van der Waals surface area (Å²) in [5.74, 6) is -2.21. The van der Waals surface area contributed by atoms with E-state index in [-0.39, 0.29) is 34.2 Å². The van der Waals surface area contributed by atoms with Crippen molar-refractivity contribution >= 4 is 56.5 Å². The molecule has 2 aromatic rings. The van der Waals surface area contributed by atoms with E-state index < -0.39 is 39.1 Å². The van der Waals surface area contributed by atoms with Gasteiger partial charge in [0.25, 0.3) is 5.91 Å². The normalized spacial score (nSPS) is 15.8. The second kappa shape index (κ2) is 11.6. The van der Waals surface area contributed by atoms with E-state index in [0.717, 1.165) is 19.1 Å². The van der Waals surface area contributed by atoms with Crippen molar-refractivity contribution in [3.05, 3.63) is 63.6 Å². The van der Waals surface area contributed by atoms with E-state index in [2.05, 4.69) is 10.6 Å². The Hall–Kier alpha value is -2.62. The summed E-state index contributed by atoms with van der Waals surface area (Å²) in [6.07, 6.45) is 3.97. The van der Waals surface area contributed by atoms with Crippen molar-refractivity contribution in [2.75, 3.05) is 17.3 Å². The Labute approximate surface area is 220 Å². The number of sulfone groups is 1. The zero-order chi connectivity index (χ0) is 26.5. The number of carboxylic acids is 1. The molecule has 2 amide bonds. The van der Waals surface area contributed by atoms with E-state index in [9.17, 15) is 27.9 Å². The molecule has 0 radical (unpaired) electrons. The molecule has 3 rings (SSSR count). The number of rotatable bonds is 10. The van der Waals surface area contributed by atoms with Crippen molar-refractivity contribution in [2.45, 2.75) is 44.6 Å². The van der Waals surface area contributed by atoms with Crippen molar-refractivity contribution in [2.24, 2.45) is 5.41 Å². The second-order valence-corrected chi connectivity index (χ2v) is 12.3. The van der Waals surface area contributed by atoms with Crippen LogP contribution in [0.1, 0.15) is 48.0 Å². The van der Waals surface area contributed by atoms with Crippen LogP contribution in [0.4, 0.5) is 5.69 Å². The minimum absolute atomic E-state index is 0.0216. The quantitative estimate of drug-likeness (QED) is 0.400. The van der Waals surface area contributed by atoms with Crippen molar-refractivity contribution in [1.29, 1.82) is 0 Å². The predicted molar refractivity (Wildman–Crippen MR) is 139 cm³/mol. The highest BCUT2D eigenvalue weighted by Crippen LogP contribution is 2.41. The van der Waals surface area contributed by atoms with Gasteiger partial charge in [-0.3, -0.25) is 9.59 Å². The fourth-order valence-electron chi connectivity index (χ4n) is 4.40. The minimum atomic E-state index is -3.25. The molecule has 1 aliphatic carbocycles. The Morgan fingerprint density at radius 3 is 2.14 bits per heavy atom. The van der Waals surface area contributed by atoms with Crippen LogP contribution in [0.15, 0.2) is 42.5 Å². The number of nitrogens with one attached hydrogen (secondary N) is 2. The molecule has 0 spiro atoms. The maximum Gasteiger partial charge on any atom is 0.326 e. The smallest absolute Gasteiger partial charge is 0.326 e. The van der Waals surface area contributed by atoms with Crippen LogP contribution in [0.2, 0.25) is 10.0 Å². The molecule has 1 fully saturated rings. The third kappa shape index (κ3) is 7.21. The molecule has 0 unspecified atom stereocenters. The summed E-state index contributed by atoms with van der Waals surface area (Å²) >= 11 is 12.2. The Bertz CT molecular complexity index is 1220. The molecule has 1 atom stereocenters. The van der Waals surface area contributed by atoms with Gasteiger partial charge in [0.15, 0.2) is 0 Å². The first kappa shape index (κ1) is 28.0. The van der Waals surface area contributed by atoms with Gasteiger partial charge in [-0.15, -0.1) is 0 Å². The number of benzene rings is 2. The summed E-state index contributed by atoms with van der Waals surface area (Å²) in [6, 6.07) is 10.1. The van der Waals surface area contributed by atoms with E-state index in [1.165, 1.54) is 0 Å². The van der Waals surface area contributed by atoms with Gasteiger partial charge in [0.2, 0.25) is 5.91 Å². The molecule has 0 heterocycles. The number of hydrogen-bond donors (Lipinski definition) is 3. The maximum atomic E-state index is 13.1. The molecule has 194 valence electrons. The van der Waals surface area contributed by atoms with Gasteiger partial charge < -0.3 is 15.7 Å². The van der Waals surface area contributed by atoms with Crippen LogP contribution in [0.5, 0.6) is 0 Å². The van der Waals surface area contributed by atoms with E-state index in [1.807, 2.05) is 0 Å². The van der Waals surface area contributed by atoms with Gasteiger partial charge in [0.05, 0.1) is 26.8 Å². The van der Waals surface area contributed by atoms with Crippen LogP contribution < -0.4 is 10.6 Å². The van der Waals surface area contributed by atoms with Crippen LogP contribution >= 0.6 is 23.2 Å². The number of aliphatic carboxylic acids is 1. The Kier molecular flexibility index (Phi) is 9.03. The zero-order valence-electron chi connectivity index (χ0n) is 19.7. The average Bonchev–Trinajstić information content (AvgIpc) is 3.28. The number of carbonyl (C=O) groups is 3. The molecule has 1 saturated carbocycles. The highest BCUT2D eigenvalue weighted by molar-refractivity contribution is 7.90. The summed E-state index contributed by atoms with van der Waals surface area (Å²) in [5.41, 5.74) is 0.370. The fourth-order valence-corrected chi connectivity index (χ4v) is 5.73. The maximum absolute atomic E-state index is 13.1. The van der Waals surface area contributed by atoms with Crippen LogP contribution in [0.25, 0.3) is 0 Å². The number of hydrogen-bond acceptors (Lipinski definition) is 5. The molecule has 0 saturated heterocycles. The molecule has 0 aliphatic heterocycles. The van der Waals surface area contributed by atoms with Gasteiger partial charge in [-0.25, -0.2) is 13.2 Å². The first-order chi connectivity index (χ1) is 16.9. The minimum Gasteiger partial charge on any atom is -0.480 e. The predicted octanol–water partition coefficient (Wildman–Crippen LogP) is 4.35. The Morgan fingerprint density at radius 1 is 1.03 bits per heavy atom. The standard InChI is InChI=1S/C25H28Cl2N2O6S/c1-36(34,35)14-13-25(11-2-3-12-25)24(33)29-20(23(31)32)15-16-7-9-17(10-8-16)28-22(30)21-18(26)5-4-6-19(21)27/h4-10,20H,2-3,11-15H2,1H3,(H,28,30)(H,29,33)(H,31,32)/t20-/m0/s1. The zero-order valence-corrected chi connectivity index (χ0v) is 22.0. The van der Waals surface area contributed by atoms with Crippen LogP contribution in [0.3, 0.4) is 0 Å². The fraction of sp³-hybridized carbons (Fsp3) is 0.400. The first-order valence-corrected chi connectivity index (χ1v) is 14.3. The summed E-state index contributed by atoms with van der Waals surface area (Å²) in [7, 11) is -3.25. The number of carbonyl (C=O) groups excluding carboxylic acids is 2. The van der Waals surface area contributed by atoms with Gasteiger partial charge >= 0.3 is 5.97 Å². The van der Waals surface area contributed by atoms with Gasteiger partial charge in [-0.2, -0.15) is 0 Å². The molecule has 36 heavy (non-hydrogen) atoms. The molecular formula is C25H28Cl2N2O6S. The van der Waals surface area contributed by atoms with Crippen LogP contribution in [-0.2, 0) is 25.8 Å². The second-order valence-electron chi connectivity index (χ2n) is 9.18. The number of amides is 2. The number of carboxylic acid groups (broad SMARTS) is 1. The molecule has 1 aliphatic rings. The van der Waals surface area contributed by atoms with Gasteiger partial charge in [-0.05, 0) is 49.1 Å². The van der Waals surface area contributed by atoms with Gasteiger partial charge in [0.1, 0.15) is 15.9 Å². The molecule has 0 aromatic heterocycles. The lowest BCUT2D eigenvalue weighted by molar-refractivity contribution is -0.144.